The van der Waals surface area contributed by atoms with Gasteiger partial charge in [-0.25, -0.2) is 9.97 Å². The SMILES string of the molecule is Cc1cc(C(=O)N2CCC3(COCc4cnc(NCC5CC5)nc43)C2)no1. The van der Waals surface area contributed by atoms with Gasteiger partial charge in [0, 0.05) is 37.5 Å². The van der Waals surface area contributed by atoms with Gasteiger partial charge in [0.15, 0.2) is 5.69 Å². The zero-order valence-electron chi connectivity index (χ0n) is 15.4. The van der Waals surface area contributed by atoms with Gasteiger partial charge in [-0.15, -0.1) is 0 Å². The minimum Gasteiger partial charge on any atom is -0.376 e. The van der Waals surface area contributed by atoms with Crippen molar-refractivity contribution in [1.82, 2.24) is 20.0 Å². The lowest BCUT2D eigenvalue weighted by Crippen LogP contribution is -2.41. The minimum absolute atomic E-state index is 0.100. The second-order valence-corrected chi connectivity index (χ2v) is 7.96. The van der Waals surface area contributed by atoms with Gasteiger partial charge < -0.3 is 19.5 Å². The molecule has 1 N–H and O–H groups in total. The molecule has 2 aliphatic heterocycles. The molecular formula is C19H23N5O3. The van der Waals surface area contributed by atoms with E-state index in [1.165, 1.54) is 12.8 Å². The molecule has 1 amide bonds. The largest absolute Gasteiger partial charge is 0.376 e. The van der Waals surface area contributed by atoms with Crippen LogP contribution in [0.4, 0.5) is 5.95 Å². The molecule has 1 saturated carbocycles. The molecule has 1 unspecified atom stereocenters. The number of likely N-dealkylation sites (tertiary alicyclic amines) is 1. The summed E-state index contributed by atoms with van der Waals surface area (Å²) in [5, 5.41) is 7.23. The molecule has 0 aromatic carbocycles. The fourth-order valence-corrected chi connectivity index (χ4v) is 4.03. The number of ether oxygens (including phenoxy) is 1. The van der Waals surface area contributed by atoms with Crippen LogP contribution in [0.1, 0.15) is 46.8 Å². The highest BCUT2D eigenvalue weighted by Crippen LogP contribution is 2.39. The van der Waals surface area contributed by atoms with E-state index in [9.17, 15) is 4.79 Å². The quantitative estimate of drug-likeness (QED) is 0.880. The van der Waals surface area contributed by atoms with Gasteiger partial charge in [0.1, 0.15) is 5.76 Å². The van der Waals surface area contributed by atoms with Gasteiger partial charge in [-0.1, -0.05) is 5.16 Å². The molecule has 3 aliphatic rings. The van der Waals surface area contributed by atoms with Gasteiger partial charge in [-0.2, -0.15) is 0 Å². The first-order chi connectivity index (χ1) is 13.1. The van der Waals surface area contributed by atoms with E-state index in [0.717, 1.165) is 30.1 Å². The zero-order valence-corrected chi connectivity index (χ0v) is 15.4. The maximum absolute atomic E-state index is 12.8. The first-order valence-corrected chi connectivity index (χ1v) is 9.54. The third-order valence-electron chi connectivity index (χ3n) is 5.74. The average molecular weight is 369 g/mol. The van der Waals surface area contributed by atoms with Crippen LogP contribution in [0.3, 0.4) is 0 Å². The van der Waals surface area contributed by atoms with Crippen molar-refractivity contribution in [3.63, 3.8) is 0 Å². The van der Waals surface area contributed by atoms with E-state index >= 15 is 0 Å². The van der Waals surface area contributed by atoms with E-state index in [-0.39, 0.29) is 11.3 Å². The Bertz CT molecular complexity index is 878. The smallest absolute Gasteiger partial charge is 0.276 e. The molecule has 1 spiro atoms. The Labute approximate surface area is 157 Å². The topological polar surface area (TPSA) is 93.4 Å². The lowest BCUT2D eigenvalue weighted by atomic mass is 9.80. The summed E-state index contributed by atoms with van der Waals surface area (Å²) in [6, 6.07) is 1.68. The minimum atomic E-state index is -0.277. The Balaban J connectivity index is 1.39. The Morgan fingerprint density at radius 1 is 1.44 bits per heavy atom. The highest BCUT2D eigenvalue weighted by Gasteiger charge is 2.46. The number of carbonyl (C=O) groups excluding carboxylic acids is 1. The molecule has 1 atom stereocenters. The number of amides is 1. The van der Waals surface area contributed by atoms with Gasteiger partial charge >= 0.3 is 0 Å². The van der Waals surface area contributed by atoms with Crippen LogP contribution in [-0.2, 0) is 16.8 Å². The van der Waals surface area contributed by atoms with Crippen molar-refractivity contribution in [1.29, 1.82) is 0 Å². The predicted molar refractivity (Wildman–Crippen MR) is 96.3 cm³/mol. The van der Waals surface area contributed by atoms with Crippen LogP contribution in [0.25, 0.3) is 0 Å². The van der Waals surface area contributed by atoms with E-state index < -0.39 is 0 Å². The molecule has 2 aromatic heterocycles. The van der Waals surface area contributed by atoms with Crippen molar-refractivity contribution in [2.75, 3.05) is 31.6 Å². The molecule has 2 fully saturated rings. The number of hydrogen-bond donors (Lipinski definition) is 1. The zero-order chi connectivity index (χ0) is 18.4. The number of fused-ring (bicyclic) bond motifs is 2. The first-order valence-electron chi connectivity index (χ1n) is 9.54. The van der Waals surface area contributed by atoms with Gasteiger partial charge in [0.2, 0.25) is 5.95 Å². The third kappa shape index (κ3) is 3.07. The summed E-state index contributed by atoms with van der Waals surface area (Å²) >= 11 is 0. The normalized spacial score (nSPS) is 24.3. The number of anilines is 1. The van der Waals surface area contributed by atoms with E-state index in [2.05, 4.69) is 15.5 Å². The molecule has 27 heavy (non-hydrogen) atoms. The summed E-state index contributed by atoms with van der Waals surface area (Å²) in [6.07, 6.45) is 5.26. The van der Waals surface area contributed by atoms with Gasteiger partial charge in [-0.3, -0.25) is 4.79 Å². The molecule has 0 bridgehead atoms. The van der Waals surface area contributed by atoms with E-state index in [4.69, 9.17) is 14.2 Å². The second-order valence-electron chi connectivity index (χ2n) is 7.96. The van der Waals surface area contributed by atoms with Crippen molar-refractivity contribution in [2.45, 2.75) is 38.2 Å². The monoisotopic (exact) mass is 369 g/mol. The number of nitrogens with zero attached hydrogens (tertiary/aromatic N) is 4. The van der Waals surface area contributed by atoms with Gasteiger partial charge in [0.25, 0.3) is 5.91 Å². The number of aryl methyl sites for hydroxylation is 1. The number of hydrogen-bond acceptors (Lipinski definition) is 7. The molecule has 5 rings (SSSR count). The molecule has 1 saturated heterocycles. The molecule has 0 radical (unpaired) electrons. The lowest BCUT2D eigenvalue weighted by molar-refractivity contribution is 0.0483. The second kappa shape index (κ2) is 6.30. The molecule has 2 aromatic rings. The van der Waals surface area contributed by atoms with Crippen molar-refractivity contribution < 1.29 is 14.1 Å². The Hall–Kier alpha value is -2.48. The molecular weight excluding hydrogens is 346 g/mol. The fraction of sp³-hybridized carbons (Fsp3) is 0.579. The van der Waals surface area contributed by atoms with Crippen molar-refractivity contribution in [3.8, 4) is 0 Å². The average Bonchev–Trinajstić information content (AvgIpc) is 3.26. The van der Waals surface area contributed by atoms with Crippen LogP contribution in [0, 0.1) is 12.8 Å². The van der Waals surface area contributed by atoms with Crippen molar-refractivity contribution in [3.05, 3.63) is 35.0 Å². The molecule has 8 heteroatoms. The predicted octanol–water partition coefficient (Wildman–Crippen LogP) is 1.91. The first kappa shape index (κ1) is 16.7. The van der Waals surface area contributed by atoms with Crippen LogP contribution in [0.5, 0.6) is 0 Å². The lowest BCUT2D eigenvalue weighted by Gasteiger charge is -2.34. The van der Waals surface area contributed by atoms with Crippen LogP contribution in [-0.4, -0.2) is 52.2 Å². The van der Waals surface area contributed by atoms with E-state index in [1.807, 2.05) is 11.1 Å². The maximum atomic E-state index is 12.8. The number of carbonyl (C=O) groups is 1. The van der Waals surface area contributed by atoms with Crippen LogP contribution in [0.15, 0.2) is 16.8 Å². The van der Waals surface area contributed by atoms with Crippen LogP contribution >= 0.6 is 0 Å². The maximum Gasteiger partial charge on any atom is 0.276 e. The highest BCUT2D eigenvalue weighted by atomic mass is 16.5. The van der Waals surface area contributed by atoms with Gasteiger partial charge in [0.05, 0.1) is 24.3 Å². The molecule has 4 heterocycles. The summed E-state index contributed by atoms with van der Waals surface area (Å²) in [4.78, 5) is 23.9. The Morgan fingerprint density at radius 2 is 2.33 bits per heavy atom. The van der Waals surface area contributed by atoms with Crippen LogP contribution < -0.4 is 5.32 Å². The fourth-order valence-electron chi connectivity index (χ4n) is 4.03. The Kier molecular flexibility index (Phi) is 3.89. The number of aromatic nitrogens is 3. The van der Waals surface area contributed by atoms with Gasteiger partial charge in [-0.05, 0) is 32.1 Å². The number of nitrogens with one attached hydrogen (secondary N) is 1. The number of rotatable bonds is 4. The molecule has 8 nitrogen and oxygen atoms in total. The summed E-state index contributed by atoms with van der Waals surface area (Å²) in [6.45, 7) is 5.04. The summed E-state index contributed by atoms with van der Waals surface area (Å²) in [7, 11) is 0. The third-order valence-corrected chi connectivity index (χ3v) is 5.74. The molecule has 142 valence electrons. The summed E-state index contributed by atoms with van der Waals surface area (Å²) in [5.41, 5.74) is 2.12. The van der Waals surface area contributed by atoms with Crippen molar-refractivity contribution >= 4 is 11.9 Å². The summed E-state index contributed by atoms with van der Waals surface area (Å²) in [5.74, 6) is 1.97. The van der Waals surface area contributed by atoms with E-state index in [0.29, 0.717) is 43.7 Å². The molecule has 1 aliphatic carbocycles. The Morgan fingerprint density at radius 3 is 3.11 bits per heavy atom. The van der Waals surface area contributed by atoms with E-state index in [1.54, 1.807) is 13.0 Å². The highest BCUT2D eigenvalue weighted by molar-refractivity contribution is 5.92. The standard InChI is InChI=1S/C19H23N5O3/c1-12-6-15(23-27-12)17(25)24-5-4-19(10-24)11-26-9-14-8-21-18(22-16(14)19)20-7-13-2-3-13/h6,8,13H,2-5,7,9-11H2,1H3,(H,20,21,22). The van der Waals surface area contributed by atoms with Crippen LogP contribution in [0.2, 0.25) is 0 Å². The van der Waals surface area contributed by atoms with Crippen molar-refractivity contribution in [2.24, 2.45) is 5.92 Å². The summed E-state index contributed by atoms with van der Waals surface area (Å²) < 4.78 is 10.9.